The van der Waals surface area contributed by atoms with Gasteiger partial charge < -0.3 is 19.4 Å². The molecule has 0 spiro atoms. The van der Waals surface area contributed by atoms with Crippen molar-refractivity contribution in [1.82, 2.24) is 14.8 Å². The number of carbonyl (C=O) groups excluding carboxylic acids is 1. The van der Waals surface area contributed by atoms with E-state index in [-0.39, 0.29) is 18.5 Å². The van der Waals surface area contributed by atoms with Crippen LogP contribution in [0, 0.1) is 5.82 Å². The van der Waals surface area contributed by atoms with E-state index in [2.05, 4.69) is 15.5 Å². The van der Waals surface area contributed by atoms with Gasteiger partial charge in [0.15, 0.2) is 22.5 Å². The fraction of sp³-hybridized carbons (Fsp3) is 0.250. The first-order chi connectivity index (χ1) is 14.0. The van der Waals surface area contributed by atoms with E-state index in [1.165, 1.54) is 23.9 Å². The van der Waals surface area contributed by atoms with Gasteiger partial charge >= 0.3 is 0 Å². The third-order valence-electron chi connectivity index (χ3n) is 4.43. The summed E-state index contributed by atoms with van der Waals surface area (Å²) in [6, 6.07) is 11.4. The molecule has 4 rings (SSSR count). The van der Waals surface area contributed by atoms with Gasteiger partial charge in [-0.1, -0.05) is 11.8 Å². The first-order valence-electron chi connectivity index (χ1n) is 9.11. The van der Waals surface area contributed by atoms with E-state index < -0.39 is 5.25 Å². The van der Waals surface area contributed by atoms with Crippen molar-refractivity contribution in [3.05, 3.63) is 48.3 Å². The van der Waals surface area contributed by atoms with Crippen molar-refractivity contribution in [2.24, 2.45) is 0 Å². The summed E-state index contributed by atoms with van der Waals surface area (Å²) in [5, 5.41) is 11.6. The van der Waals surface area contributed by atoms with Gasteiger partial charge in [-0.3, -0.25) is 4.79 Å². The lowest BCUT2D eigenvalue weighted by molar-refractivity contribution is -0.115. The van der Waals surface area contributed by atoms with Crippen molar-refractivity contribution >= 4 is 23.4 Å². The highest BCUT2D eigenvalue weighted by Gasteiger charge is 2.21. The molecule has 1 N–H and O–H groups in total. The van der Waals surface area contributed by atoms with Gasteiger partial charge in [-0.25, -0.2) is 4.39 Å². The molecule has 1 aliphatic heterocycles. The Balaban J connectivity index is 1.47. The molecule has 0 aliphatic carbocycles. The summed E-state index contributed by atoms with van der Waals surface area (Å²) in [6.45, 7) is 4.58. The van der Waals surface area contributed by atoms with Gasteiger partial charge in [0.25, 0.3) is 0 Å². The van der Waals surface area contributed by atoms with E-state index in [1.54, 1.807) is 37.3 Å². The Morgan fingerprint density at radius 3 is 2.72 bits per heavy atom. The molecule has 9 heteroatoms. The predicted octanol–water partition coefficient (Wildman–Crippen LogP) is 3.95. The lowest BCUT2D eigenvalue weighted by Crippen LogP contribution is -2.22. The van der Waals surface area contributed by atoms with Gasteiger partial charge in [-0.15, -0.1) is 10.2 Å². The summed E-state index contributed by atoms with van der Waals surface area (Å²) in [6.07, 6.45) is 0. The first kappa shape index (κ1) is 19.3. The second kappa shape index (κ2) is 8.12. The van der Waals surface area contributed by atoms with Crippen LogP contribution in [0.25, 0.3) is 11.4 Å². The van der Waals surface area contributed by atoms with E-state index in [1.807, 2.05) is 11.5 Å². The molecule has 0 saturated carbocycles. The molecule has 0 unspecified atom stereocenters. The lowest BCUT2D eigenvalue weighted by atomic mass is 10.2. The number of hydrogen-bond donors (Lipinski definition) is 1. The van der Waals surface area contributed by atoms with E-state index in [4.69, 9.17) is 9.47 Å². The topological polar surface area (TPSA) is 78.3 Å². The fourth-order valence-corrected chi connectivity index (χ4v) is 3.82. The minimum absolute atomic E-state index is 0.164. The Hall–Kier alpha value is -3.07. The van der Waals surface area contributed by atoms with Crippen LogP contribution < -0.4 is 14.8 Å². The van der Waals surface area contributed by atoms with Crippen molar-refractivity contribution in [2.75, 3.05) is 12.1 Å². The van der Waals surface area contributed by atoms with Crippen molar-refractivity contribution in [3.8, 4) is 22.9 Å². The number of hydrogen-bond acceptors (Lipinski definition) is 6. The van der Waals surface area contributed by atoms with E-state index in [9.17, 15) is 9.18 Å². The minimum atomic E-state index is -0.406. The van der Waals surface area contributed by atoms with E-state index in [0.29, 0.717) is 34.7 Å². The molecule has 1 aliphatic rings. The summed E-state index contributed by atoms with van der Waals surface area (Å²) in [7, 11) is 0. The third-order valence-corrected chi connectivity index (χ3v) is 5.51. The molecule has 2 heterocycles. The van der Waals surface area contributed by atoms with Crippen molar-refractivity contribution < 1.29 is 18.7 Å². The molecule has 0 radical (unpaired) electrons. The van der Waals surface area contributed by atoms with Gasteiger partial charge in [-0.05, 0) is 50.2 Å². The van der Waals surface area contributed by atoms with E-state index in [0.717, 1.165) is 5.56 Å². The number of amides is 1. The van der Waals surface area contributed by atoms with Gasteiger partial charge in [0.05, 0.1) is 5.25 Å². The van der Waals surface area contributed by atoms with Crippen LogP contribution >= 0.6 is 11.8 Å². The molecule has 2 aromatic carbocycles. The van der Waals surface area contributed by atoms with E-state index >= 15 is 0 Å². The maximum absolute atomic E-state index is 13.2. The standard InChI is InChI=1S/C20H19FN4O3S/c1-3-25-18(13-4-6-14(21)7-5-13)23-24-20(25)29-12(2)19(26)22-15-8-9-16-17(10-15)28-11-27-16/h4-10,12H,3,11H2,1-2H3,(H,22,26)/t12-/m0/s1. The van der Waals surface area contributed by atoms with Gasteiger partial charge in [0, 0.05) is 23.9 Å². The zero-order valence-corrected chi connectivity index (χ0v) is 16.7. The second-order valence-electron chi connectivity index (χ2n) is 6.37. The van der Waals surface area contributed by atoms with Gasteiger partial charge in [0.2, 0.25) is 12.7 Å². The molecule has 3 aromatic rings. The highest BCUT2D eigenvalue weighted by atomic mass is 32.2. The Kier molecular flexibility index (Phi) is 5.39. The number of fused-ring (bicyclic) bond motifs is 1. The first-order valence-corrected chi connectivity index (χ1v) is 9.99. The number of ether oxygens (including phenoxy) is 2. The molecular formula is C20H19FN4O3S. The second-order valence-corrected chi connectivity index (χ2v) is 7.68. The number of nitrogens with zero attached hydrogens (tertiary/aromatic N) is 3. The largest absolute Gasteiger partial charge is 0.454 e. The Morgan fingerprint density at radius 1 is 1.21 bits per heavy atom. The van der Waals surface area contributed by atoms with Crippen molar-refractivity contribution in [3.63, 3.8) is 0 Å². The number of halogens is 1. The summed E-state index contributed by atoms with van der Waals surface area (Å²) in [4.78, 5) is 12.6. The van der Waals surface area contributed by atoms with Crippen LogP contribution in [-0.4, -0.2) is 32.7 Å². The number of nitrogens with one attached hydrogen (secondary N) is 1. The average molecular weight is 414 g/mol. The maximum atomic E-state index is 13.2. The average Bonchev–Trinajstić information content (AvgIpc) is 3.34. The molecule has 0 fully saturated rings. The minimum Gasteiger partial charge on any atom is -0.454 e. The quantitative estimate of drug-likeness (QED) is 0.616. The molecule has 150 valence electrons. The van der Waals surface area contributed by atoms with Crippen molar-refractivity contribution in [2.45, 2.75) is 30.8 Å². The smallest absolute Gasteiger partial charge is 0.237 e. The van der Waals surface area contributed by atoms with Crippen LogP contribution in [0.5, 0.6) is 11.5 Å². The van der Waals surface area contributed by atoms with Crippen LogP contribution in [0.3, 0.4) is 0 Å². The summed E-state index contributed by atoms with van der Waals surface area (Å²) >= 11 is 1.31. The molecule has 0 bridgehead atoms. The molecular weight excluding hydrogens is 395 g/mol. The fourth-order valence-electron chi connectivity index (χ4n) is 2.90. The summed E-state index contributed by atoms with van der Waals surface area (Å²) in [5.74, 6) is 1.44. The highest BCUT2D eigenvalue weighted by molar-refractivity contribution is 8.00. The predicted molar refractivity (Wildman–Crippen MR) is 108 cm³/mol. The monoisotopic (exact) mass is 414 g/mol. The van der Waals surface area contributed by atoms with Crippen LogP contribution in [0.2, 0.25) is 0 Å². The molecule has 1 aromatic heterocycles. The highest BCUT2D eigenvalue weighted by Crippen LogP contribution is 2.34. The van der Waals surface area contributed by atoms with Crippen LogP contribution in [0.15, 0.2) is 47.6 Å². The lowest BCUT2D eigenvalue weighted by Gasteiger charge is -2.13. The summed E-state index contributed by atoms with van der Waals surface area (Å²) in [5.41, 5.74) is 1.40. The third kappa shape index (κ3) is 4.04. The number of aromatic nitrogens is 3. The SMILES string of the molecule is CCn1c(S[C@@H](C)C(=O)Nc2ccc3c(c2)OCO3)nnc1-c1ccc(F)cc1. The Bertz CT molecular complexity index is 1040. The summed E-state index contributed by atoms with van der Waals surface area (Å²) < 4.78 is 25.7. The molecule has 29 heavy (non-hydrogen) atoms. The molecule has 1 amide bonds. The Labute approximate surface area is 171 Å². The number of anilines is 1. The van der Waals surface area contributed by atoms with Crippen LogP contribution in [-0.2, 0) is 11.3 Å². The zero-order chi connectivity index (χ0) is 20.4. The van der Waals surface area contributed by atoms with Crippen LogP contribution in [0.4, 0.5) is 10.1 Å². The van der Waals surface area contributed by atoms with Crippen molar-refractivity contribution in [1.29, 1.82) is 0 Å². The molecule has 0 saturated heterocycles. The number of carbonyl (C=O) groups is 1. The maximum Gasteiger partial charge on any atom is 0.237 e. The molecule has 7 nitrogen and oxygen atoms in total. The van der Waals surface area contributed by atoms with Crippen LogP contribution in [0.1, 0.15) is 13.8 Å². The number of rotatable bonds is 6. The number of benzene rings is 2. The van der Waals surface area contributed by atoms with Gasteiger partial charge in [-0.2, -0.15) is 0 Å². The molecule has 1 atom stereocenters. The zero-order valence-electron chi connectivity index (χ0n) is 15.9. The van der Waals surface area contributed by atoms with Gasteiger partial charge in [0.1, 0.15) is 5.82 Å². The number of thioether (sulfide) groups is 1. The normalized spacial score (nSPS) is 13.3. The Morgan fingerprint density at radius 2 is 1.97 bits per heavy atom.